The van der Waals surface area contributed by atoms with Crippen LogP contribution in [0.15, 0.2) is 48.5 Å². The van der Waals surface area contributed by atoms with Crippen molar-refractivity contribution in [3.63, 3.8) is 0 Å². The second kappa shape index (κ2) is 10.6. The van der Waals surface area contributed by atoms with E-state index in [4.69, 9.17) is 5.26 Å². The molecule has 7 heteroatoms. The van der Waals surface area contributed by atoms with E-state index in [1.54, 1.807) is 0 Å². The molecule has 2 aromatic rings. The number of carbonyl (C=O) groups is 2. The Morgan fingerprint density at radius 3 is 2.23 bits per heavy atom. The van der Waals surface area contributed by atoms with Crippen LogP contribution in [0.25, 0.3) is 0 Å². The molecule has 0 unspecified atom stereocenters. The third kappa shape index (κ3) is 6.56. The highest BCUT2D eigenvalue weighted by Crippen LogP contribution is 2.09. The average Bonchev–Trinajstić information content (AvgIpc) is 2.78. The molecule has 31 heavy (non-hydrogen) atoms. The average molecular weight is 421 g/mol. The van der Waals surface area contributed by atoms with E-state index in [-0.39, 0.29) is 18.0 Å². The number of hydrogen-bond donors (Lipinski definition) is 3. The first kappa shape index (κ1) is 22.3. The molecule has 0 bridgehead atoms. The summed E-state index contributed by atoms with van der Waals surface area (Å²) in [4.78, 5) is 27.9. The van der Waals surface area contributed by atoms with E-state index in [0.29, 0.717) is 17.7 Å². The Morgan fingerprint density at radius 2 is 1.65 bits per heavy atom. The van der Waals surface area contributed by atoms with E-state index >= 15 is 0 Å². The van der Waals surface area contributed by atoms with Gasteiger partial charge in [-0.1, -0.05) is 24.3 Å². The number of benzene rings is 2. The number of carbonyl (C=O) groups excluding carboxylic acids is 2. The van der Waals surface area contributed by atoms with Crippen LogP contribution in [0, 0.1) is 11.3 Å². The van der Waals surface area contributed by atoms with Gasteiger partial charge in [-0.15, -0.1) is 0 Å². The Labute approximate surface area is 183 Å². The van der Waals surface area contributed by atoms with E-state index in [2.05, 4.69) is 16.7 Å². The molecule has 1 aliphatic heterocycles. The van der Waals surface area contributed by atoms with Crippen LogP contribution < -0.4 is 15.5 Å². The van der Waals surface area contributed by atoms with Gasteiger partial charge in [-0.25, -0.2) is 4.79 Å². The summed E-state index contributed by atoms with van der Waals surface area (Å²) in [5.74, 6) is 0.0504. The van der Waals surface area contributed by atoms with Gasteiger partial charge in [0.25, 0.3) is 5.91 Å². The van der Waals surface area contributed by atoms with Gasteiger partial charge in [0, 0.05) is 23.7 Å². The Morgan fingerprint density at radius 1 is 1.03 bits per heavy atom. The zero-order valence-corrected chi connectivity index (χ0v) is 18.1. The first-order chi connectivity index (χ1) is 14.9. The number of hydrogen-bond acceptors (Lipinski definition) is 3. The summed E-state index contributed by atoms with van der Waals surface area (Å²) in [6.07, 6.45) is 0. The number of piperazine rings is 1. The third-order valence-electron chi connectivity index (χ3n) is 5.37. The molecule has 3 rings (SSSR count). The van der Waals surface area contributed by atoms with Crippen molar-refractivity contribution in [3.8, 4) is 6.07 Å². The molecule has 2 aromatic carbocycles. The summed E-state index contributed by atoms with van der Waals surface area (Å²) in [6, 6.07) is 17.2. The maximum atomic E-state index is 12.8. The van der Waals surface area contributed by atoms with Gasteiger partial charge in [0.05, 0.1) is 37.8 Å². The lowest BCUT2D eigenvalue weighted by molar-refractivity contribution is -0.917. The van der Waals surface area contributed by atoms with Gasteiger partial charge in [-0.2, -0.15) is 5.26 Å². The van der Waals surface area contributed by atoms with Crippen molar-refractivity contribution in [1.82, 2.24) is 15.5 Å². The maximum absolute atomic E-state index is 12.8. The summed E-state index contributed by atoms with van der Waals surface area (Å²) >= 11 is 0. The lowest BCUT2D eigenvalue weighted by Gasteiger charge is -2.32. The molecule has 0 saturated carbocycles. The molecule has 7 nitrogen and oxygen atoms in total. The van der Waals surface area contributed by atoms with Crippen molar-refractivity contribution in [2.45, 2.75) is 33.0 Å². The fourth-order valence-electron chi connectivity index (χ4n) is 3.63. The Balaban J connectivity index is 1.46. The fourth-order valence-corrected chi connectivity index (χ4v) is 3.63. The molecule has 1 saturated heterocycles. The van der Waals surface area contributed by atoms with E-state index in [1.165, 1.54) is 10.5 Å². The predicted octanol–water partition coefficient (Wildman–Crippen LogP) is 1.31. The topological polar surface area (TPSA) is 89.7 Å². The molecule has 0 spiro atoms. The summed E-state index contributed by atoms with van der Waals surface area (Å²) in [5, 5.41) is 14.5. The molecule has 3 amide bonds. The highest BCUT2D eigenvalue weighted by Gasteiger charge is 2.24. The Bertz CT molecular complexity index is 924. The van der Waals surface area contributed by atoms with E-state index < -0.39 is 0 Å². The minimum Gasteiger partial charge on any atom is -0.336 e. The van der Waals surface area contributed by atoms with E-state index in [9.17, 15) is 9.59 Å². The summed E-state index contributed by atoms with van der Waals surface area (Å²) < 4.78 is 0. The summed E-state index contributed by atoms with van der Waals surface area (Å²) in [7, 11) is 0. The molecular weight excluding hydrogens is 390 g/mol. The smallest absolute Gasteiger partial charge is 0.315 e. The molecule has 0 atom stereocenters. The Hall–Kier alpha value is -3.37. The van der Waals surface area contributed by atoms with Gasteiger partial charge in [-0.3, -0.25) is 4.79 Å². The minimum absolute atomic E-state index is 0.0504. The van der Waals surface area contributed by atoms with Gasteiger partial charge < -0.3 is 20.4 Å². The van der Waals surface area contributed by atoms with Crippen LogP contribution in [0.5, 0.6) is 0 Å². The molecule has 162 valence electrons. The monoisotopic (exact) mass is 420 g/mol. The lowest BCUT2D eigenvalue weighted by atomic mass is 10.1. The van der Waals surface area contributed by atoms with Gasteiger partial charge in [0.1, 0.15) is 6.54 Å². The molecule has 0 aromatic heterocycles. The van der Waals surface area contributed by atoms with Crippen LogP contribution in [0.4, 0.5) is 4.79 Å². The van der Waals surface area contributed by atoms with Gasteiger partial charge in [0.2, 0.25) is 0 Å². The number of nitriles is 1. The molecule has 1 fully saturated rings. The number of urea groups is 1. The third-order valence-corrected chi connectivity index (χ3v) is 5.37. The molecule has 0 aliphatic carbocycles. The zero-order chi connectivity index (χ0) is 22.2. The number of quaternary nitrogens is 1. The lowest BCUT2D eigenvalue weighted by Crippen LogP contribution is -3.13. The van der Waals surface area contributed by atoms with Crippen LogP contribution in [-0.4, -0.2) is 49.1 Å². The van der Waals surface area contributed by atoms with Crippen LogP contribution in [-0.2, 0) is 13.1 Å². The van der Waals surface area contributed by atoms with Crippen molar-refractivity contribution in [1.29, 1.82) is 5.26 Å². The van der Waals surface area contributed by atoms with Crippen LogP contribution in [0.1, 0.15) is 40.9 Å². The van der Waals surface area contributed by atoms with Crippen molar-refractivity contribution in [2.24, 2.45) is 0 Å². The largest absolute Gasteiger partial charge is 0.336 e. The predicted molar refractivity (Wildman–Crippen MR) is 118 cm³/mol. The van der Waals surface area contributed by atoms with Gasteiger partial charge in [0.15, 0.2) is 0 Å². The normalized spacial score (nSPS) is 14.2. The van der Waals surface area contributed by atoms with E-state index in [0.717, 1.165) is 38.3 Å². The molecule has 1 heterocycles. The van der Waals surface area contributed by atoms with Crippen LogP contribution >= 0.6 is 0 Å². The number of nitrogens with one attached hydrogen (secondary N) is 3. The fraction of sp³-hybridized carbons (Fsp3) is 0.375. The molecule has 3 N–H and O–H groups in total. The van der Waals surface area contributed by atoms with Crippen molar-refractivity contribution in [2.75, 3.05) is 26.2 Å². The van der Waals surface area contributed by atoms with E-state index in [1.807, 2.05) is 67.3 Å². The minimum atomic E-state index is -0.198. The number of rotatable bonds is 6. The first-order valence-electron chi connectivity index (χ1n) is 10.7. The standard InChI is InChI=1S/C24H29N5O2/c1-18(2)27-24(31)26-16-20-7-9-22(10-8-20)23(30)29-13-11-28(12-14-29)17-21-5-3-19(15-25)4-6-21/h3-10,18H,11-14,16-17H2,1-2H3,(H2,26,27,31)/p+1. The quantitative estimate of drug-likeness (QED) is 0.658. The highest BCUT2D eigenvalue weighted by atomic mass is 16.2. The van der Waals surface area contributed by atoms with Crippen LogP contribution in [0.3, 0.4) is 0 Å². The molecule has 0 radical (unpaired) electrons. The zero-order valence-electron chi connectivity index (χ0n) is 18.1. The van der Waals surface area contributed by atoms with Crippen LogP contribution in [0.2, 0.25) is 0 Å². The van der Waals surface area contributed by atoms with Crippen molar-refractivity contribution < 1.29 is 14.5 Å². The molecular formula is C24H30N5O2+. The first-order valence-corrected chi connectivity index (χ1v) is 10.7. The second-order valence-electron chi connectivity index (χ2n) is 8.21. The Kier molecular flexibility index (Phi) is 7.63. The number of amides is 3. The molecule has 1 aliphatic rings. The second-order valence-corrected chi connectivity index (χ2v) is 8.21. The summed E-state index contributed by atoms with van der Waals surface area (Å²) in [6.45, 7) is 8.40. The van der Waals surface area contributed by atoms with Gasteiger partial charge >= 0.3 is 6.03 Å². The highest BCUT2D eigenvalue weighted by molar-refractivity contribution is 5.94. The SMILES string of the molecule is CC(C)NC(=O)NCc1ccc(C(=O)N2CC[NH+](Cc3ccc(C#N)cc3)CC2)cc1. The van der Waals surface area contributed by atoms with Crippen molar-refractivity contribution in [3.05, 3.63) is 70.8 Å². The maximum Gasteiger partial charge on any atom is 0.315 e. The number of nitrogens with zero attached hydrogens (tertiary/aromatic N) is 2. The van der Waals surface area contributed by atoms with Crippen molar-refractivity contribution >= 4 is 11.9 Å². The summed E-state index contributed by atoms with van der Waals surface area (Å²) in [5.41, 5.74) is 3.51. The van der Waals surface area contributed by atoms with Gasteiger partial charge in [-0.05, 0) is 43.7 Å².